The summed E-state index contributed by atoms with van der Waals surface area (Å²) in [4.78, 5) is 4.62. The van der Waals surface area contributed by atoms with E-state index in [9.17, 15) is 0 Å². The Balaban J connectivity index is 1.97. The first-order valence-electron chi connectivity index (χ1n) is 6.78. The summed E-state index contributed by atoms with van der Waals surface area (Å²) < 4.78 is 0. The van der Waals surface area contributed by atoms with Gasteiger partial charge in [-0.05, 0) is 49.7 Å². The summed E-state index contributed by atoms with van der Waals surface area (Å²) in [5.74, 6) is 1.71. The van der Waals surface area contributed by atoms with Gasteiger partial charge in [0.25, 0.3) is 0 Å². The third-order valence-corrected chi connectivity index (χ3v) is 4.10. The Labute approximate surface area is 99.3 Å². The maximum absolute atomic E-state index is 4.62. The molecule has 2 rings (SSSR count). The Morgan fingerprint density at radius 1 is 1.12 bits per heavy atom. The van der Waals surface area contributed by atoms with Crippen molar-refractivity contribution in [3.05, 3.63) is 29.6 Å². The van der Waals surface area contributed by atoms with Gasteiger partial charge in [-0.15, -0.1) is 0 Å². The monoisotopic (exact) mass is 217 g/mol. The molecular formula is C15H23N. The summed E-state index contributed by atoms with van der Waals surface area (Å²) in [7, 11) is 0. The summed E-state index contributed by atoms with van der Waals surface area (Å²) in [6, 6.07) is 4.49. The SMILES string of the molecule is CCc1ccc([C@H]2CC[C@H](CC)CC2)nc1. The topological polar surface area (TPSA) is 12.9 Å². The average Bonchev–Trinajstić information content (AvgIpc) is 2.39. The molecule has 16 heavy (non-hydrogen) atoms. The van der Waals surface area contributed by atoms with Gasteiger partial charge >= 0.3 is 0 Å². The van der Waals surface area contributed by atoms with E-state index in [4.69, 9.17) is 0 Å². The zero-order valence-electron chi connectivity index (χ0n) is 10.6. The van der Waals surface area contributed by atoms with E-state index in [1.54, 1.807) is 0 Å². The van der Waals surface area contributed by atoms with Crippen LogP contribution in [0.5, 0.6) is 0 Å². The number of rotatable bonds is 3. The molecule has 1 aliphatic rings. The van der Waals surface area contributed by atoms with Gasteiger partial charge in [-0.25, -0.2) is 0 Å². The molecule has 88 valence electrons. The molecule has 0 spiro atoms. The Morgan fingerprint density at radius 2 is 1.88 bits per heavy atom. The van der Waals surface area contributed by atoms with E-state index >= 15 is 0 Å². The first kappa shape index (κ1) is 11.6. The number of hydrogen-bond acceptors (Lipinski definition) is 1. The van der Waals surface area contributed by atoms with Crippen molar-refractivity contribution in [2.24, 2.45) is 5.92 Å². The molecular weight excluding hydrogens is 194 g/mol. The van der Waals surface area contributed by atoms with Crippen molar-refractivity contribution < 1.29 is 0 Å². The maximum Gasteiger partial charge on any atom is 0.0434 e. The first-order valence-corrected chi connectivity index (χ1v) is 6.78. The van der Waals surface area contributed by atoms with Crippen LogP contribution in [-0.4, -0.2) is 4.98 Å². The summed E-state index contributed by atoms with van der Waals surface area (Å²) in [5, 5.41) is 0. The number of pyridine rings is 1. The predicted octanol–water partition coefficient (Wildman–Crippen LogP) is 4.33. The van der Waals surface area contributed by atoms with Crippen LogP contribution in [0.15, 0.2) is 18.3 Å². The number of aryl methyl sites for hydroxylation is 1. The Kier molecular flexibility index (Phi) is 3.98. The Morgan fingerprint density at radius 3 is 2.38 bits per heavy atom. The summed E-state index contributed by atoms with van der Waals surface area (Å²) in [6.07, 6.45) is 10.00. The Hall–Kier alpha value is -0.850. The van der Waals surface area contributed by atoms with Crippen molar-refractivity contribution in [2.45, 2.75) is 58.3 Å². The van der Waals surface area contributed by atoms with Gasteiger partial charge in [0, 0.05) is 17.8 Å². The quantitative estimate of drug-likeness (QED) is 0.734. The number of aromatic nitrogens is 1. The zero-order chi connectivity index (χ0) is 11.4. The van der Waals surface area contributed by atoms with Crippen LogP contribution in [0.3, 0.4) is 0 Å². The standard InChI is InChI=1S/C15H23N/c1-3-12-5-8-14(9-6-12)15-10-7-13(4-2)11-16-15/h7,10-12,14H,3-6,8-9H2,1-2H3/t12-,14-. The second-order valence-electron chi connectivity index (χ2n) is 5.07. The molecule has 0 amide bonds. The van der Waals surface area contributed by atoms with E-state index < -0.39 is 0 Å². The fourth-order valence-electron chi connectivity index (χ4n) is 2.75. The van der Waals surface area contributed by atoms with Crippen LogP contribution < -0.4 is 0 Å². The molecule has 1 aromatic heterocycles. The lowest BCUT2D eigenvalue weighted by Crippen LogP contribution is -2.13. The molecule has 0 N–H and O–H groups in total. The first-order chi connectivity index (χ1) is 7.83. The van der Waals surface area contributed by atoms with Gasteiger partial charge in [-0.1, -0.05) is 26.3 Å². The summed E-state index contributed by atoms with van der Waals surface area (Å²) in [6.45, 7) is 4.50. The highest BCUT2D eigenvalue weighted by Crippen LogP contribution is 2.35. The minimum Gasteiger partial charge on any atom is -0.261 e. The van der Waals surface area contributed by atoms with Crippen molar-refractivity contribution in [3.63, 3.8) is 0 Å². The Bertz CT molecular complexity index is 307. The lowest BCUT2D eigenvalue weighted by atomic mass is 9.79. The van der Waals surface area contributed by atoms with Crippen LogP contribution in [0.25, 0.3) is 0 Å². The lowest BCUT2D eigenvalue weighted by Gasteiger charge is -2.27. The van der Waals surface area contributed by atoms with Gasteiger partial charge < -0.3 is 0 Å². The van der Waals surface area contributed by atoms with Crippen LogP contribution in [0.4, 0.5) is 0 Å². The van der Waals surface area contributed by atoms with Gasteiger partial charge in [0.1, 0.15) is 0 Å². The van der Waals surface area contributed by atoms with Crippen molar-refractivity contribution in [3.8, 4) is 0 Å². The lowest BCUT2D eigenvalue weighted by molar-refractivity contribution is 0.315. The van der Waals surface area contributed by atoms with Crippen LogP contribution in [0, 0.1) is 5.92 Å². The molecule has 1 nitrogen and oxygen atoms in total. The van der Waals surface area contributed by atoms with E-state index in [0.717, 1.165) is 18.3 Å². The minimum atomic E-state index is 0.730. The van der Waals surface area contributed by atoms with Gasteiger partial charge in [0.05, 0.1) is 0 Å². The molecule has 0 bridgehead atoms. The molecule has 1 heteroatoms. The smallest absolute Gasteiger partial charge is 0.0434 e. The molecule has 0 unspecified atom stereocenters. The molecule has 0 radical (unpaired) electrons. The second-order valence-corrected chi connectivity index (χ2v) is 5.07. The van der Waals surface area contributed by atoms with E-state index in [0.29, 0.717) is 0 Å². The van der Waals surface area contributed by atoms with E-state index in [1.165, 1.54) is 43.4 Å². The molecule has 0 atom stereocenters. The molecule has 0 aliphatic heterocycles. The van der Waals surface area contributed by atoms with Gasteiger partial charge in [0.15, 0.2) is 0 Å². The third-order valence-electron chi connectivity index (χ3n) is 4.10. The predicted molar refractivity (Wildman–Crippen MR) is 68.6 cm³/mol. The highest BCUT2D eigenvalue weighted by atomic mass is 14.7. The molecule has 1 heterocycles. The summed E-state index contributed by atoms with van der Waals surface area (Å²) in [5.41, 5.74) is 2.68. The summed E-state index contributed by atoms with van der Waals surface area (Å²) >= 11 is 0. The molecule has 1 aliphatic carbocycles. The maximum atomic E-state index is 4.62. The van der Waals surface area contributed by atoms with Crippen molar-refractivity contribution in [1.29, 1.82) is 0 Å². The zero-order valence-corrected chi connectivity index (χ0v) is 10.6. The fourth-order valence-corrected chi connectivity index (χ4v) is 2.75. The van der Waals surface area contributed by atoms with Crippen molar-refractivity contribution in [1.82, 2.24) is 4.98 Å². The average molecular weight is 217 g/mol. The molecule has 1 saturated carbocycles. The van der Waals surface area contributed by atoms with Crippen molar-refractivity contribution >= 4 is 0 Å². The fraction of sp³-hybridized carbons (Fsp3) is 0.667. The van der Waals surface area contributed by atoms with Crippen LogP contribution >= 0.6 is 0 Å². The highest BCUT2D eigenvalue weighted by Gasteiger charge is 2.21. The third kappa shape index (κ3) is 2.63. The molecule has 1 aromatic rings. The van der Waals surface area contributed by atoms with Gasteiger partial charge in [0.2, 0.25) is 0 Å². The second kappa shape index (κ2) is 5.47. The van der Waals surface area contributed by atoms with Crippen LogP contribution in [-0.2, 0) is 6.42 Å². The van der Waals surface area contributed by atoms with E-state index in [1.807, 2.05) is 0 Å². The molecule has 0 saturated heterocycles. The molecule has 0 aromatic carbocycles. The van der Waals surface area contributed by atoms with Crippen LogP contribution in [0.2, 0.25) is 0 Å². The number of nitrogens with zero attached hydrogens (tertiary/aromatic N) is 1. The number of hydrogen-bond donors (Lipinski definition) is 0. The highest BCUT2D eigenvalue weighted by molar-refractivity contribution is 5.17. The van der Waals surface area contributed by atoms with Gasteiger partial charge in [-0.2, -0.15) is 0 Å². The van der Waals surface area contributed by atoms with E-state index in [-0.39, 0.29) is 0 Å². The normalized spacial score (nSPS) is 25.6. The van der Waals surface area contributed by atoms with Crippen molar-refractivity contribution in [2.75, 3.05) is 0 Å². The van der Waals surface area contributed by atoms with Crippen LogP contribution in [0.1, 0.15) is 63.1 Å². The molecule has 1 fully saturated rings. The van der Waals surface area contributed by atoms with E-state index in [2.05, 4.69) is 37.2 Å². The van der Waals surface area contributed by atoms with Gasteiger partial charge in [-0.3, -0.25) is 4.98 Å². The largest absolute Gasteiger partial charge is 0.261 e. The minimum absolute atomic E-state index is 0.730.